The monoisotopic (exact) mass is 698 g/mol. The highest BCUT2D eigenvalue weighted by atomic mass is 35.5. The molecule has 9 nitrogen and oxygen atoms in total. The smallest absolute Gasteiger partial charge is 0.264 e. The predicted molar refractivity (Wildman–Crippen MR) is 186 cm³/mol. The number of carbonyl (C=O) groups excluding carboxylic acids is 1. The molecule has 48 heavy (non-hydrogen) atoms. The third-order valence-corrected chi connectivity index (χ3v) is 13.5. The predicted octanol–water partition coefficient (Wildman–Crippen LogP) is 5.83. The maximum Gasteiger partial charge on any atom is 0.264 e. The van der Waals surface area contributed by atoms with E-state index in [4.69, 9.17) is 30.5 Å². The molecule has 2 aromatic rings. The van der Waals surface area contributed by atoms with E-state index in [1.54, 1.807) is 19.2 Å². The number of halogens is 1. The van der Waals surface area contributed by atoms with Gasteiger partial charge in [-0.3, -0.25) is 4.79 Å². The minimum atomic E-state index is -4.15. The van der Waals surface area contributed by atoms with Crippen molar-refractivity contribution in [3.05, 3.63) is 70.3 Å². The second-order valence-corrected chi connectivity index (χ2v) is 16.6. The lowest BCUT2D eigenvalue weighted by Crippen LogP contribution is -2.49. The SMILES string of the molecule is CO[C@H]1/C=C/C[C@@H](OC)[C@@H](C[C@H]2CCCO2)S(=O)(=O)NC(=O)c2ccc3c(c2)N(C[C@@H]2CC[C@H]21)C[C@@]1(CCCc2cc(Cl)ccc21)CO3. The number of nitrogens with zero attached hydrogens (tertiary/aromatic N) is 1. The summed E-state index contributed by atoms with van der Waals surface area (Å²) in [6, 6.07) is 11.5. The fourth-order valence-electron chi connectivity index (χ4n) is 8.77. The van der Waals surface area contributed by atoms with E-state index in [9.17, 15) is 13.2 Å². The van der Waals surface area contributed by atoms with E-state index in [1.807, 2.05) is 18.2 Å². The lowest BCUT2D eigenvalue weighted by Gasteiger charge is -2.46. The molecule has 3 aliphatic heterocycles. The van der Waals surface area contributed by atoms with Crippen molar-refractivity contribution in [1.82, 2.24) is 4.72 Å². The first kappa shape index (κ1) is 33.8. The number of anilines is 1. The minimum absolute atomic E-state index is 0.109. The molecule has 7 rings (SSSR count). The Kier molecular flexibility index (Phi) is 9.83. The summed E-state index contributed by atoms with van der Waals surface area (Å²) in [5.41, 5.74) is 3.37. The van der Waals surface area contributed by atoms with Gasteiger partial charge in [-0.1, -0.05) is 29.8 Å². The Morgan fingerprint density at radius 2 is 1.96 bits per heavy atom. The number of hydrogen-bond acceptors (Lipinski definition) is 8. The third kappa shape index (κ3) is 6.63. The highest BCUT2D eigenvalue weighted by Gasteiger charge is 2.45. The van der Waals surface area contributed by atoms with Crippen molar-refractivity contribution in [2.24, 2.45) is 11.8 Å². The van der Waals surface area contributed by atoms with Crippen molar-refractivity contribution in [3.63, 3.8) is 0 Å². The number of nitrogens with one attached hydrogen (secondary N) is 1. The number of carbonyl (C=O) groups is 1. The van der Waals surface area contributed by atoms with Gasteiger partial charge >= 0.3 is 0 Å². The number of aryl methyl sites for hydroxylation is 1. The quantitative estimate of drug-likeness (QED) is 0.399. The molecule has 2 bridgehead atoms. The van der Waals surface area contributed by atoms with Crippen LogP contribution >= 0.6 is 11.6 Å². The fourth-order valence-corrected chi connectivity index (χ4v) is 10.6. The van der Waals surface area contributed by atoms with Crippen LogP contribution in [0.4, 0.5) is 5.69 Å². The molecule has 2 aromatic carbocycles. The van der Waals surface area contributed by atoms with Gasteiger partial charge in [0.1, 0.15) is 11.0 Å². The molecule has 1 N–H and O–H groups in total. The molecule has 7 atom stereocenters. The number of sulfonamides is 1. The zero-order valence-electron chi connectivity index (χ0n) is 27.9. The summed E-state index contributed by atoms with van der Waals surface area (Å²) in [5, 5.41) is -0.241. The number of ether oxygens (including phenoxy) is 4. The largest absolute Gasteiger partial charge is 0.490 e. The van der Waals surface area contributed by atoms with Crippen LogP contribution < -0.4 is 14.4 Å². The van der Waals surface area contributed by atoms with Crippen LogP contribution in [-0.4, -0.2) is 78.4 Å². The number of methoxy groups -OCH3 is 2. The highest BCUT2D eigenvalue weighted by Crippen LogP contribution is 2.47. The maximum atomic E-state index is 14.0. The Morgan fingerprint density at radius 1 is 1.08 bits per heavy atom. The van der Waals surface area contributed by atoms with Gasteiger partial charge in [-0.25, -0.2) is 13.1 Å². The van der Waals surface area contributed by atoms with Crippen molar-refractivity contribution in [3.8, 4) is 5.75 Å². The molecular weight excluding hydrogens is 652 g/mol. The van der Waals surface area contributed by atoms with E-state index < -0.39 is 27.3 Å². The highest BCUT2D eigenvalue weighted by molar-refractivity contribution is 7.90. The third-order valence-electron chi connectivity index (χ3n) is 11.5. The second-order valence-electron chi connectivity index (χ2n) is 14.3. The topological polar surface area (TPSA) is 103 Å². The molecule has 1 amide bonds. The second kappa shape index (κ2) is 13.9. The van der Waals surface area contributed by atoms with E-state index in [0.29, 0.717) is 43.8 Å². The zero-order chi connectivity index (χ0) is 33.5. The van der Waals surface area contributed by atoms with Crippen LogP contribution in [0.15, 0.2) is 48.6 Å². The van der Waals surface area contributed by atoms with E-state index in [2.05, 4.69) is 27.8 Å². The van der Waals surface area contributed by atoms with Crippen LogP contribution in [-0.2, 0) is 36.1 Å². The molecule has 0 aromatic heterocycles. The first-order valence-electron chi connectivity index (χ1n) is 17.4. The summed E-state index contributed by atoms with van der Waals surface area (Å²) >= 11 is 6.44. The Balaban J connectivity index is 1.28. The van der Waals surface area contributed by atoms with Crippen molar-refractivity contribution in [1.29, 1.82) is 0 Å². The van der Waals surface area contributed by atoms with Crippen molar-refractivity contribution < 1.29 is 32.2 Å². The number of rotatable bonds is 4. The summed E-state index contributed by atoms with van der Waals surface area (Å²) in [6.07, 6.45) is 10.5. The molecule has 1 saturated heterocycles. The van der Waals surface area contributed by atoms with Crippen molar-refractivity contribution in [2.45, 2.75) is 86.8 Å². The van der Waals surface area contributed by atoms with Gasteiger partial charge in [0.2, 0.25) is 10.0 Å². The van der Waals surface area contributed by atoms with E-state index in [-0.39, 0.29) is 29.6 Å². The molecule has 2 fully saturated rings. The summed E-state index contributed by atoms with van der Waals surface area (Å²) in [4.78, 5) is 16.2. The standard InChI is InChI=1S/C37H47ClN2O7S/c1-44-32-8-3-9-34(45-2)35(20-28-7-5-17-46-28)48(42,43)39-36(41)25-11-15-33-31(19-25)40(21-26-10-13-29(26)32)22-37(23-47-33)16-4-6-24-18-27(38)12-14-30(24)37/h3,8,11-12,14-15,18-19,26,28-29,32,34-35H,4-7,9-10,13,16-17,20-23H2,1-2H3,(H,39,41)/b8-3+/t26-,28+,29+,32-,34+,35+,37-/m0/s1. The Bertz CT molecular complexity index is 1640. The van der Waals surface area contributed by atoms with Gasteiger partial charge in [-0.2, -0.15) is 0 Å². The summed E-state index contributed by atoms with van der Waals surface area (Å²) < 4.78 is 54.8. The van der Waals surface area contributed by atoms with E-state index in [0.717, 1.165) is 62.2 Å². The lowest BCUT2D eigenvalue weighted by atomic mass is 9.68. The van der Waals surface area contributed by atoms with Crippen LogP contribution in [0.3, 0.4) is 0 Å². The molecule has 1 spiro atoms. The molecule has 260 valence electrons. The van der Waals surface area contributed by atoms with Gasteiger partial charge in [0, 0.05) is 49.9 Å². The van der Waals surface area contributed by atoms with E-state index >= 15 is 0 Å². The van der Waals surface area contributed by atoms with Crippen LogP contribution in [0.25, 0.3) is 0 Å². The summed E-state index contributed by atoms with van der Waals surface area (Å²) in [5.74, 6) is 0.708. The maximum absolute atomic E-state index is 14.0. The van der Waals surface area contributed by atoms with Gasteiger partial charge in [0.25, 0.3) is 5.91 Å². The Labute approximate surface area is 289 Å². The van der Waals surface area contributed by atoms with Crippen LogP contribution in [0.2, 0.25) is 5.02 Å². The summed E-state index contributed by atoms with van der Waals surface area (Å²) in [7, 11) is -0.877. The molecule has 5 aliphatic rings. The van der Waals surface area contributed by atoms with Gasteiger partial charge < -0.3 is 23.8 Å². The van der Waals surface area contributed by atoms with Gasteiger partial charge in [-0.15, -0.1) is 0 Å². The van der Waals surface area contributed by atoms with E-state index in [1.165, 1.54) is 18.2 Å². The number of fused-ring (bicyclic) bond motifs is 4. The molecule has 0 unspecified atom stereocenters. The van der Waals surface area contributed by atoms with Crippen molar-refractivity contribution >= 4 is 33.2 Å². The molecule has 2 aliphatic carbocycles. The first-order chi connectivity index (χ1) is 23.2. The van der Waals surface area contributed by atoms with Crippen LogP contribution in [0, 0.1) is 11.8 Å². The lowest BCUT2D eigenvalue weighted by molar-refractivity contribution is 0.0128. The Morgan fingerprint density at radius 3 is 2.71 bits per heavy atom. The molecule has 0 radical (unpaired) electrons. The zero-order valence-corrected chi connectivity index (χ0v) is 29.4. The van der Waals surface area contributed by atoms with Gasteiger partial charge in [0.15, 0.2) is 0 Å². The van der Waals surface area contributed by atoms with Crippen LogP contribution in [0.1, 0.15) is 72.9 Å². The van der Waals surface area contributed by atoms with Gasteiger partial charge in [-0.05, 0) is 111 Å². The van der Waals surface area contributed by atoms with Gasteiger partial charge in [0.05, 0.1) is 30.6 Å². The normalized spacial score (nSPS) is 33.8. The van der Waals surface area contributed by atoms with Crippen molar-refractivity contribution in [2.75, 3.05) is 45.4 Å². The first-order valence-corrected chi connectivity index (χ1v) is 19.3. The molecular formula is C37H47ClN2O7S. The molecule has 11 heteroatoms. The fraction of sp³-hybridized carbons (Fsp3) is 0.595. The average molecular weight is 699 g/mol. The number of amides is 1. The average Bonchev–Trinajstić information content (AvgIpc) is 3.53. The minimum Gasteiger partial charge on any atom is -0.490 e. The van der Waals surface area contributed by atoms with Crippen LogP contribution in [0.5, 0.6) is 5.75 Å². The molecule has 3 heterocycles. The Hall–Kier alpha value is -2.63. The number of hydrogen-bond donors (Lipinski definition) is 1. The molecule has 1 saturated carbocycles. The number of benzene rings is 2. The summed E-state index contributed by atoms with van der Waals surface area (Å²) in [6.45, 7) is 2.60.